The van der Waals surface area contributed by atoms with Crippen LogP contribution in [0.4, 0.5) is 5.69 Å². The van der Waals surface area contributed by atoms with Crippen LogP contribution in [0.5, 0.6) is 0 Å². The topological polar surface area (TPSA) is 45.2 Å². The van der Waals surface area contributed by atoms with E-state index in [1.165, 1.54) is 0 Å². The number of aromatic nitrogens is 1. The van der Waals surface area contributed by atoms with Gasteiger partial charge in [-0.05, 0) is 28.9 Å². The molecule has 0 radical (unpaired) electrons. The molecule has 82 valence electrons. The summed E-state index contributed by atoms with van der Waals surface area (Å²) in [6, 6.07) is 1.92. The van der Waals surface area contributed by atoms with E-state index in [2.05, 4.69) is 26.2 Å². The number of carbonyl (C=O) groups is 1. The zero-order chi connectivity index (χ0) is 11.3. The normalized spacial score (nSPS) is 9.80. The summed E-state index contributed by atoms with van der Waals surface area (Å²) < 4.78 is 0.905. The van der Waals surface area contributed by atoms with Crippen LogP contribution in [0, 0.1) is 0 Å². The Kier molecular flexibility index (Phi) is 4.55. The quantitative estimate of drug-likeness (QED) is 0.901. The molecular weight excluding hydrogens is 258 g/mol. The van der Waals surface area contributed by atoms with Crippen LogP contribution in [-0.4, -0.2) is 31.0 Å². The van der Waals surface area contributed by atoms with E-state index in [0.717, 1.165) is 10.2 Å². The van der Waals surface area contributed by atoms with Gasteiger partial charge in [-0.15, -0.1) is 0 Å². The number of anilines is 1. The first kappa shape index (κ1) is 12.0. The monoisotopic (exact) mass is 271 g/mol. The molecule has 15 heavy (non-hydrogen) atoms. The van der Waals surface area contributed by atoms with Crippen LogP contribution in [0.25, 0.3) is 0 Å². The summed E-state index contributed by atoms with van der Waals surface area (Å²) >= 11 is 3.34. The number of hydrogen-bond donors (Lipinski definition) is 1. The molecule has 0 aromatic carbocycles. The molecule has 0 unspecified atom stereocenters. The van der Waals surface area contributed by atoms with Gasteiger partial charge in [-0.3, -0.25) is 9.78 Å². The molecule has 1 aromatic rings. The minimum atomic E-state index is 0.0139. The van der Waals surface area contributed by atoms with Gasteiger partial charge in [0.1, 0.15) is 0 Å². The molecule has 1 heterocycles. The van der Waals surface area contributed by atoms with Crippen molar-refractivity contribution in [2.45, 2.75) is 6.92 Å². The first-order valence-electron chi connectivity index (χ1n) is 4.72. The Morgan fingerprint density at radius 3 is 2.93 bits per heavy atom. The molecule has 0 aliphatic carbocycles. The standard InChI is InChI=1S/C10H14BrN3O/c1-3-13-10(15)7-14(2)9-4-8(11)5-12-6-9/h4-6H,3,7H2,1-2H3,(H,13,15). The molecule has 0 aliphatic heterocycles. The molecular formula is C10H14BrN3O. The van der Waals surface area contributed by atoms with Crippen LogP contribution >= 0.6 is 15.9 Å². The second-order valence-electron chi connectivity index (χ2n) is 3.17. The predicted octanol–water partition coefficient (Wildman–Crippen LogP) is 1.42. The van der Waals surface area contributed by atoms with Gasteiger partial charge >= 0.3 is 0 Å². The van der Waals surface area contributed by atoms with Crippen LogP contribution < -0.4 is 10.2 Å². The molecule has 4 nitrogen and oxygen atoms in total. The third-order valence-corrected chi connectivity index (χ3v) is 2.32. The van der Waals surface area contributed by atoms with E-state index in [0.29, 0.717) is 13.1 Å². The van der Waals surface area contributed by atoms with Gasteiger partial charge in [0.05, 0.1) is 18.4 Å². The maximum absolute atomic E-state index is 11.3. The minimum Gasteiger partial charge on any atom is -0.364 e. The van der Waals surface area contributed by atoms with Crippen molar-refractivity contribution in [3.8, 4) is 0 Å². The summed E-state index contributed by atoms with van der Waals surface area (Å²) in [4.78, 5) is 17.2. The molecule has 1 N–H and O–H groups in total. The number of halogens is 1. The van der Waals surface area contributed by atoms with Gasteiger partial charge in [-0.2, -0.15) is 0 Å². The molecule has 0 saturated carbocycles. The van der Waals surface area contributed by atoms with Crippen molar-refractivity contribution in [2.75, 3.05) is 25.0 Å². The third kappa shape index (κ3) is 3.87. The van der Waals surface area contributed by atoms with Crippen LogP contribution in [0.15, 0.2) is 22.9 Å². The van der Waals surface area contributed by atoms with E-state index < -0.39 is 0 Å². The molecule has 1 amide bonds. The number of hydrogen-bond acceptors (Lipinski definition) is 3. The lowest BCUT2D eigenvalue weighted by molar-refractivity contribution is -0.119. The van der Waals surface area contributed by atoms with Gasteiger partial charge in [0.2, 0.25) is 5.91 Å². The van der Waals surface area contributed by atoms with Crippen LogP contribution in [0.2, 0.25) is 0 Å². The van der Waals surface area contributed by atoms with Crippen LogP contribution in [0.3, 0.4) is 0 Å². The first-order valence-corrected chi connectivity index (χ1v) is 5.51. The summed E-state index contributed by atoms with van der Waals surface area (Å²) in [6.07, 6.45) is 3.44. The van der Waals surface area contributed by atoms with Crippen molar-refractivity contribution in [2.24, 2.45) is 0 Å². The highest BCUT2D eigenvalue weighted by molar-refractivity contribution is 9.10. The smallest absolute Gasteiger partial charge is 0.239 e. The average molecular weight is 272 g/mol. The number of carbonyl (C=O) groups excluding carboxylic acids is 1. The summed E-state index contributed by atoms with van der Waals surface area (Å²) in [5, 5.41) is 2.75. The summed E-state index contributed by atoms with van der Waals surface area (Å²) in [6.45, 7) is 2.90. The van der Waals surface area contributed by atoms with E-state index in [1.54, 1.807) is 12.4 Å². The Balaban J connectivity index is 2.60. The van der Waals surface area contributed by atoms with Gasteiger partial charge in [0.25, 0.3) is 0 Å². The number of rotatable bonds is 4. The first-order chi connectivity index (χ1) is 7.13. The van der Waals surface area contributed by atoms with Crippen molar-refractivity contribution in [3.05, 3.63) is 22.9 Å². The summed E-state index contributed by atoms with van der Waals surface area (Å²) in [7, 11) is 1.86. The van der Waals surface area contributed by atoms with Crippen molar-refractivity contribution < 1.29 is 4.79 Å². The second-order valence-corrected chi connectivity index (χ2v) is 4.09. The Labute approximate surface area is 97.8 Å². The Morgan fingerprint density at radius 1 is 1.60 bits per heavy atom. The maximum Gasteiger partial charge on any atom is 0.239 e. The largest absolute Gasteiger partial charge is 0.364 e. The molecule has 1 rings (SSSR count). The van der Waals surface area contributed by atoms with Crippen LogP contribution in [-0.2, 0) is 4.79 Å². The van der Waals surface area contributed by atoms with Crippen molar-refractivity contribution >= 4 is 27.5 Å². The molecule has 0 fully saturated rings. The SMILES string of the molecule is CCNC(=O)CN(C)c1cncc(Br)c1. The maximum atomic E-state index is 11.3. The highest BCUT2D eigenvalue weighted by Gasteiger charge is 2.06. The fourth-order valence-corrected chi connectivity index (χ4v) is 1.52. The number of amides is 1. The van der Waals surface area contributed by atoms with Crippen molar-refractivity contribution in [1.82, 2.24) is 10.3 Å². The number of nitrogens with zero attached hydrogens (tertiary/aromatic N) is 2. The van der Waals surface area contributed by atoms with Gasteiger partial charge in [0, 0.05) is 24.3 Å². The van der Waals surface area contributed by atoms with Crippen molar-refractivity contribution in [1.29, 1.82) is 0 Å². The van der Waals surface area contributed by atoms with E-state index in [-0.39, 0.29) is 5.91 Å². The number of pyridine rings is 1. The second kappa shape index (κ2) is 5.70. The number of nitrogens with one attached hydrogen (secondary N) is 1. The zero-order valence-electron chi connectivity index (χ0n) is 8.83. The van der Waals surface area contributed by atoms with E-state index in [1.807, 2.05) is 24.9 Å². The van der Waals surface area contributed by atoms with Gasteiger partial charge in [-0.25, -0.2) is 0 Å². The zero-order valence-corrected chi connectivity index (χ0v) is 10.4. The average Bonchev–Trinajstić information content (AvgIpc) is 2.18. The summed E-state index contributed by atoms with van der Waals surface area (Å²) in [5.74, 6) is 0.0139. The van der Waals surface area contributed by atoms with Crippen molar-refractivity contribution in [3.63, 3.8) is 0 Å². The lowest BCUT2D eigenvalue weighted by Crippen LogP contribution is -2.34. The molecule has 1 aromatic heterocycles. The minimum absolute atomic E-state index is 0.0139. The van der Waals surface area contributed by atoms with Crippen LogP contribution in [0.1, 0.15) is 6.92 Å². The molecule has 0 spiro atoms. The number of likely N-dealkylation sites (N-methyl/N-ethyl adjacent to an activating group) is 2. The fraction of sp³-hybridized carbons (Fsp3) is 0.400. The molecule has 0 atom stereocenters. The molecule has 0 bridgehead atoms. The van der Waals surface area contributed by atoms with Gasteiger partial charge in [0.15, 0.2) is 0 Å². The molecule has 0 aliphatic rings. The highest BCUT2D eigenvalue weighted by Crippen LogP contribution is 2.16. The Morgan fingerprint density at radius 2 is 2.33 bits per heavy atom. The van der Waals surface area contributed by atoms with E-state index in [4.69, 9.17) is 0 Å². The molecule has 5 heteroatoms. The lowest BCUT2D eigenvalue weighted by Gasteiger charge is -2.18. The summed E-state index contributed by atoms with van der Waals surface area (Å²) in [5.41, 5.74) is 0.913. The third-order valence-electron chi connectivity index (χ3n) is 1.89. The Hall–Kier alpha value is -1.10. The highest BCUT2D eigenvalue weighted by atomic mass is 79.9. The van der Waals surface area contributed by atoms with E-state index >= 15 is 0 Å². The predicted molar refractivity (Wildman–Crippen MR) is 63.9 cm³/mol. The molecule has 0 saturated heterocycles. The van der Waals surface area contributed by atoms with E-state index in [9.17, 15) is 4.79 Å². The Bertz CT molecular complexity index is 343. The van der Waals surface area contributed by atoms with Gasteiger partial charge in [-0.1, -0.05) is 0 Å². The van der Waals surface area contributed by atoms with Gasteiger partial charge < -0.3 is 10.2 Å². The lowest BCUT2D eigenvalue weighted by atomic mass is 10.3. The fourth-order valence-electron chi connectivity index (χ4n) is 1.17.